The van der Waals surface area contributed by atoms with Gasteiger partial charge in [0.1, 0.15) is 5.00 Å². The first-order valence-corrected chi connectivity index (χ1v) is 10.2. The van der Waals surface area contributed by atoms with Gasteiger partial charge in [-0.3, -0.25) is 9.59 Å². The number of fused-ring (bicyclic) bond motifs is 1. The molecule has 1 heterocycles. The van der Waals surface area contributed by atoms with Crippen LogP contribution in [0.15, 0.2) is 24.3 Å². The van der Waals surface area contributed by atoms with Crippen molar-refractivity contribution in [2.45, 2.75) is 39.0 Å². The van der Waals surface area contributed by atoms with Crippen LogP contribution in [0.5, 0.6) is 0 Å². The van der Waals surface area contributed by atoms with Crippen molar-refractivity contribution in [2.75, 3.05) is 25.6 Å². The molecule has 6 heteroatoms. The number of hydrogen-bond acceptors (Lipinski definition) is 4. The van der Waals surface area contributed by atoms with Gasteiger partial charge in [0, 0.05) is 30.7 Å². The molecule has 5 nitrogen and oxygen atoms in total. The van der Waals surface area contributed by atoms with Crippen LogP contribution in [-0.4, -0.2) is 32.1 Å². The van der Waals surface area contributed by atoms with Gasteiger partial charge >= 0.3 is 0 Å². The number of anilines is 1. The van der Waals surface area contributed by atoms with Crippen LogP contribution in [0.3, 0.4) is 0 Å². The van der Waals surface area contributed by atoms with Crippen molar-refractivity contribution in [3.63, 3.8) is 0 Å². The quantitative estimate of drug-likeness (QED) is 0.708. The van der Waals surface area contributed by atoms with Gasteiger partial charge in [-0.25, -0.2) is 0 Å². The number of benzene rings is 1. The molecule has 1 aromatic heterocycles. The molecule has 2 aromatic rings. The van der Waals surface area contributed by atoms with E-state index in [-0.39, 0.29) is 11.8 Å². The first-order valence-electron chi connectivity index (χ1n) is 9.40. The Morgan fingerprint density at radius 3 is 2.70 bits per heavy atom. The van der Waals surface area contributed by atoms with Crippen LogP contribution in [-0.2, 0) is 17.6 Å². The molecule has 27 heavy (non-hydrogen) atoms. The number of amides is 2. The second kappa shape index (κ2) is 9.15. The third kappa shape index (κ3) is 4.57. The van der Waals surface area contributed by atoms with E-state index in [1.807, 2.05) is 31.2 Å². The summed E-state index contributed by atoms with van der Waals surface area (Å²) in [6, 6.07) is 7.49. The Hall–Kier alpha value is -2.18. The summed E-state index contributed by atoms with van der Waals surface area (Å²) in [6.07, 6.45) is 4.85. The third-order valence-electron chi connectivity index (χ3n) is 4.83. The van der Waals surface area contributed by atoms with E-state index in [0.717, 1.165) is 43.2 Å². The summed E-state index contributed by atoms with van der Waals surface area (Å²) in [5, 5.41) is 6.64. The number of rotatable bonds is 7. The summed E-state index contributed by atoms with van der Waals surface area (Å²) >= 11 is 1.55. The van der Waals surface area contributed by atoms with Gasteiger partial charge in [0.05, 0.1) is 5.56 Å². The zero-order valence-corrected chi connectivity index (χ0v) is 16.7. The molecule has 1 aromatic carbocycles. The molecule has 144 valence electrons. The van der Waals surface area contributed by atoms with Crippen molar-refractivity contribution in [1.82, 2.24) is 5.32 Å². The van der Waals surface area contributed by atoms with E-state index in [1.165, 1.54) is 4.88 Å². The van der Waals surface area contributed by atoms with E-state index in [2.05, 4.69) is 10.6 Å². The first-order chi connectivity index (χ1) is 13.1. The molecule has 0 bridgehead atoms. The number of thiophene rings is 1. The molecule has 0 saturated carbocycles. The number of carbonyl (C=O) groups excluding carboxylic acids is 2. The molecule has 2 amide bonds. The van der Waals surface area contributed by atoms with Crippen molar-refractivity contribution < 1.29 is 14.3 Å². The lowest BCUT2D eigenvalue weighted by atomic mass is 9.95. The largest absolute Gasteiger partial charge is 0.385 e. The Kier molecular flexibility index (Phi) is 6.63. The lowest BCUT2D eigenvalue weighted by Gasteiger charge is -2.13. The minimum absolute atomic E-state index is 0.106. The van der Waals surface area contributed by atoms with Gasteiger partial charge in [-0.05, 0) is 56.2 Å². The van der Waals surface area contributed by atoms with E-state index < -0.39 is 0 Å². The Morgan fingerprint density at radius 2 is 1.93 bits per heavy atom. The second-order valence-corrected chi connectivity index (χ2v) is 7.89. The maximum Gasteiger partial charge on any atom is 0.256 e. The third-order valence-corrected chi connectivity index (χ3v) is 6.03. The summed E-state index contributed by atoms with van der Waals surface area (Å²) in [7, 11) is 1.65. The fourth-order valence-corrected chi connectivity index (χ4v) is 4.68. The van der Waals surface area contributed by atoms with Crippen molar-refractivity contribution in [3.05, 3.63) is 51.4 Å². The lowest BCUT2D eigenvalue weighted by Crippen LogP contribution is -2.27. The maximum atomic E-state index is 12.9. The number of carbonyl (C=O) groups is 2. The van der Waals surface area contributed by atoms with Crippen molar-refractivity contribution in [2.24, 2.45) is 0 Å². The summed E-state index contributed by atoms with van der Waals surface area (Å²) in [4.78, 5) is 26.8. The van der Waals surface area contributed by atoms with Gasteiger partial charge < -0.3 is 15.4 Å². The molecule has 0 fully saturated rings. The topological polar surface area (TPSA) is 67.4 Å². The molecule has 0 unspecified atom stereocenters. The summed E-state index contributed by atoms with van der Waals surface area (Å²) < 4.78 is 5.04. The minimum Gasteiger partial charge on any atom is -0.385 e. The number of hydrogen-bond donors (Lipinski definition) is 2. The molecule has 0 radical (unpaired) electrons. The summed E-state index contributed by atoms with van der Waals surface area (Å²) in [6.45, 7) is 3.08. The Morgan fingerprint density at radius 1 is 1.15 bits per heavy atom. The van der Waals surface area contributed by atoms with E-state index in [0.29, 0.717) is 29.3 Å². The van der Waals surface area contributed by atoms with Crippen LogP contribution in [0, 0.1) is 6.92 Å². The predicted molar refractivity (Wildman–Crippen MR) is 109 cm³/mol. The fourth-order valence-electron chi connectivity index (χ4n) is 3.40. The molecule has 0 saturated heterocycles. The maximum absolute atomic E-state index is 12.9. The molecule has 0 atom stereocenters. The number of nitrogens with one attached hydrogen (secondary N) is 2. The SMILES string of the molecule is COCCCNC(=O)c1c(NC(=O)c2ccccc2C)sc2c1CCCC2. The van der Waals surface area contributed by atoms with E-state index in [4.69, 9.17) is 4.74 Å². The molecule has 1 aliphatic rings. The molecule has 3 rings (SSSR count). The molecule has 1 aliphatic carbocycles. The standard InChI is InChI=1S/C21H26N2O3S/c1-14-8-3-4-9-15(14)19(24)23-21-18(20(25)22-12-7-13-26-2)16-10-5-6-11-17(16)27-21/h3-4,8-9H,5-7,10-13H2,1-2H3,(H,22,25)(H,23,24). The van der Waals surface area contributed by atoms with E-state index >= 15 is 0 Å². The van der Waals surface area contributed by atoms with Crippen LogP contribution in [0.4, 0.5) is 5.00 Å². The van der Waals surface area contributed by atoms with Crippen molar-refractivity contribution in [3.8, 4) is 0 Å². The Balaban J connectivity index is 1.84. The van der Waals surface area contributed by atoms with Gasteiger partial charge in [-0.2, -0.15) is 0 Å². The van der Waals surface area contributed by atoms with Gasteiger partial charge in [-0.1, -0.05) is 18.2 Å². The lowest BCUT2D eigenvalue weighted by molar-refractivity contribution is 0.0948. The molecule has 0 aliphatic heterocycles. The number of aryl methyl sites for hydroxylation is 2. The molecular weight excluding hydrogens is 360 g/mol. The van der Waals surface area contributed by atoms with Crippen LogP contribution in [0.1, 0.15) is 56.0 Å². The highest BCUT2D eigenvalue weighted by Crippen LogP contribution is 2.38. The van der Waals surface area contributed by atoms with Gasteiger partial charge in [0.2, 0.25) is 0 Å². The second-order valence-electron chi connectivity index (χ2n) is 6.79. The highest BCUT2D eigenvalue weighted by atomic mass is 32.1. The highest BCUT2D eigenvalue weighted by Gasteiger charge is 2.26. The smallest absolute Gasteiger partial charge is 0.256 e. The fraction of sp³-hybridized carbons (Fsp3) is 0.429. The van der Waals surface area contributed by atoms with Crippen LogP contribution in [0.2, 0.25) is 0 Å². The van der Waals surface area contributed by atoms with Gasteiger partial charge in [0.25, 0.3) is 11.8 Å². The zero-order chi connectivity index (χ0) is 19.2. The van der Waals surface area contributed by atoms with Gasteiger partial charge in [0.15, 0.2) is 0 Å². The van der Waals surface area contributed by atoms with E-state index in [1.54, 1.807) is 18.4 Å². The number of ether oxygens (including phenoxy) is 1. The monoisotopic (exact) mass is 386 g/mol. The zero-order valence-electron chi connectivity index (χ0n) is 15.9. The highest BCUT2D eigenvalue weighted by molar-refractivity contribution is 7.17. The minimum atomic E-state index is -0.167. The predicted octanol–water partition coefficient (Wildman–Crippen LogP) is 3.95. The summed E-state index contributed by atoms with van der Waals surface area (Å²) in [5.74, 6) is -0.272. The Bertz CT molecular complexity index is 829. The average molecular weight is 387 g/mol. The average Bonchev–Trinajstić information content (AvgIpc) is 3.03. The normalized spacial score (nSPS) is 13.1. The van der Waals surface area contributed by atoms with Crippen LogP contribution < -0.4 is 10.6 Å². The number of methoxy groups -OCH3 is 1. The molecule has 2 N–H and O–H groups in total. The Labute approximate surface area is 164 Å². The van der Waals surface area contributed by atoms with Crippen LogP contribution >= 0.6 is 11.3 Å². The van der Waals surface area contributed by atoms with Crippen molar-refractivity contribution in [1.29, 1.82) is 0 Å². The molecule has 0 spiro atoms. The first kappa shape index (κ1) is 19.6. The van der Waals surface area contributed by atoms with E-state index in [9.17, 15) is 9.59 Å². The summed E-state index contributed by atoms with van der Waals surface area (Å²) in [5.41, 5.74) is 3.31. The van der Waals surface area contributed by atoms with Gasteiger partial charge in [-0.15, -0.1) is 11.3 Å². The van der Waals surface area contributed by atoms with Crippen molar-refractivity contribution >= 4 is 28.2 Å². The van der Waals surface area contributed by atoms with Crippen LogP contribution in [0.25, 0.3) is 0 Å². The molecular formula is C21H26N2O3S.